The zero-order chi connectivity index (χ0) is 21.8. The Balaban J connectivity index is 1.86. The second-order valence-electron chi connectivity index (χ2n) is 7.65. The number of nitrogens with one attached hydrogen (secondary N) is 1. The summed E-state index contributed by atoms with van der Waals surface area (Å²) in [6.07, 6.45) is 3.49. The van der Waals surface area contributed by atoms with Gasteiger partial charge in [-0.1, -0.05) is 43.7 Å². The van der Waals surface area contributed by atoms with Gasteiger partial charge in [0.05, 0.1) is 12.5 Å². The van der Waals surface area contributed by atoms with Crippen LogP contribution in [0.2, 0.25) is 0 Å². The summed E-state index contributed by atoms with van der Waals surface area (Å²) in [7, 11) is 0. The molecule has 7 heteroatoms. The van der Waals surface area contributed by atoms with Crippen LogP contribution in [-0.2, 0) is 20.9 Å². The molecule has 30 heavy (non-hydrogen) atoms. The minimum Gasteiger partial charge on any atom is -0.466 e. The van der Waals surface area contributed by atoms with Gasteiger partial charge in [0.1, 0.15) is 0 Å². The van der Waals surface area contributed by atoms with Gasteiger partial charge in [0.2, 0.25) is 5.91 Å². The van der Waals surface area contributed by atoms with E-state index in [1.807, 2.05) is 30.3 Å². The van der Waals surface area contributed by atoms with E-state index in [1.54, 1.807) is 16.7 Å². The van der Waals surface area contributed by atoms with Crippen LogP contribution in [0.15, 0.2) is 30.3 Å². The van der Waals surface area contributed by atoms with Crippen molar-refractivity contribution in [1.82, 2.24) is 15.1 Å². The van der Waals surface area contributed by atoms with E-state index in [9.17, 15) is 14.4 Å². The average Bonchev–Trinajstić information content (AvgIpc) is 2.77. The quantitative estimate of drug-likeness (QED) is 0.468. The largest absolute Gasteiger partial charge is 0.466 e. The standard InChI is InChI=1S/C23H35N3O4/c1-3-5-14-24-23(29)26(18-19-9-7-6-8-10-19)17-13-21(27)25-15-11-20(12-16-25)22(28)30-4-2/h6-10,20H,3-5,11-18H2,1-2H3,(H,24,29). The Morgan fingerprint density at radius 1 is 1.13 bits per heavy atom. The van der Waals surface area contributed by atoms with Gasteiger partial charge >= 0.3 is 12.0 Å². The zero-order valence-corrected chi connectivity index (χ0v) is 18.3. The maximum Gasteiger partial charge on any atom is 0.317 e. The van der Waals surface area contributed by atoms with Crippen molar-refractivity contribution in [2.75, 3.05) is 32.8 Å². The van der Waals surface area contributed by atoms with Crippen molar-refractivity contribution in [1.29, 1.82) is 0 Å². The number of piperidine rings is 1. The van der Waals surface area contributed by atoms with Gasteiger partial charge in [-0.05, 0) is 31.7 Å². The van der Waals surface area contributed by atoms with E-state index in [0.717, 1.165) is 18.4 Å². The van der Waals surface area contributed by atoms with Gasteiger partial charge in [-0.25, -0.2) is 4.79 Å². The fourth-order valence-corrected chi connectivity index (χ4v) is 3.55. The smallest absolute Gasteiger partial charge is 0.317 e. The van der Waals surface area contributed by atoms with Crippen LogP contribution in [0.25, 0.3) is 0 Å². The second-order valence-corrected chi connectivity index (χ2v) is 7.65. The summed E-state index contributed by atoms with van der Waals surface area (Å²) in [5, 5.41) is 2.95. The van der Waals surface area contributed by atoms with E-state index in [2.05, 4.69) is 12.2 Å². The average molecular weight is 418 g/mol. The first-order chi connectivity index (χ1) is 14.5. The molecule has 1 fully saturated rings. The Labute approximate surface area is 179 Å². The van der Waals surface area contributed by atoms with E-state index in [1.165, 1.54) is 0 Å². The topological polar surface area (TPSA) is 79.0 Å². The Hall–Kier alpha value is -2.57. The Morgan fingerprint density at radius 2 is 1.83 bits per heavy atom. The molecular formula is C23H35N3O4. The van der Waals surface area contributed by atoms with Crippen LogP contribution in [0.3, 0.4) is 0 Å². The van der Waals surface area contributed by atoms with Crippen LogP contribution in [-0.4, -0.2) is 60.5 Å². The molecule has 2 rings (SSSR count). The summed E-state index contributed by atoms with van der Waals surface area (Å²) in [5.74, 6) is -0.257. The molecule has 0 spiro atoms. The second kappa shape index (κ2) is 12.9. The minimum atomic E-state index is -0.164. The monoisotopic (exact) mass is 417 g/mol. The Bertz CT molecular complexity index is 672. The van der Waals surface area contributed by atoms with E-state index < -0.39 is 0 Å². The lowest BCUT2D eigenvalue weighted by atomic mass is 9.97. The van der Waals surface area contributed by atoms with Crippen LogP contribution >= 0.6 is 0 Å². The molecule has 3 amide bonds. The molecule has 166 valence electrons. The number of benzene rings is 1. The first-order valence-electron chi connectivity index (χ1n) is 11.1. The highest BCUT2D eigenvalue weighted by Crippen LogP contribution is 2.19. The van der Waals surface area contributed by atoms with Gasteiger partial charge in [0.15, 0.2) is 0 Å². The molecule has 1 aromatic rings. The maximum absolute atomic E-state index is 12.7. The van der Waals surface area contributed by atoms with Gasteiger partial charge in [0, 0.05) is 39.1 Å². The van der Waals surface area contributed by atoms with Gasteiger partial charge in [-0.2, -0.15) is 0 Å². The molecule has 0 bridgehead atoms. The number of hydrogen-bond acceptors (Lipinski definition) is 4. The SMILES string of the molecule is CCCCNC(=O)N(CCC(=O)N1CCC(C(=O)OCC)CC1)Cc1ccccc1. The molecule has 7 nitrogen and oxygen atoms in total. The van der Waals surface area contributed by atoms with Crippen LogP contribution in [0.5, 0.6) is 0 Å². The summed E-state index contributed by atoms with van der Waals surface area (Å²) in [4.78, 5) is 40.7. The predicted octanol–water partition coefficient (Wildman–Crippen LogP) is 3.19. The highest BCUT2D eigenvalue weighted by molar-refractivity contribution is 5.79. The van der Waals surface area contributed by atoms with Crippen molar-refractivity contribution in [2.24, 2.45) is 5.92 Å². The molecule has 1 aliphatic rings. The molecule has 1 saturated heterocycles. The highest BCUT2D eigenvalue weighted by atomic mass is 16.5. The fraction of sp³-hybridized carbons (Fsp3) is 0.609. The number of ether oxygens (including phenoxy) is 1. The summed E-state index contributed by atoms with van der Waals surface area (Å²) < 4.78 is 5.09. The number of likely N-dealkylation sites (tertiary alicyclic amines) is 1. The highest BCUT2D eigenvalue weighted by Gasteiger charge is 2.28. The van der Waals surface area contributed by atoms with Crippen LogP contribution < -0.4 is 5.32 Å². The van der Waals surface area contributed by atoms with E-state index in [-0.39, 0.29) is 30.2 Å². The number of carbonyl (C=O) groups is 3. The van der Waals surface area contributed by atoms with Gasteiger partial charge < -0.3 is 19.9 Å². The van der Waals surface area contributed by atoms with Crippen molar-refractivity contribution in [3.05, 3.63) is 35.9 Å². The van der Waals surface area contributed by atoms with E-state index in [4.69, 9.17) is 4.74 Å². The van der Waals surface area contributed by atoms with E-state index >= 15 is 0 Å². The van der Waals surface area contributed by atoms with Gasteiger partial charge in [-0.3, -0.25) is 9.59 Å². The van der Waals surface area contributed by atoms with Crippen LogP contribution in [0.4, 0.5) is 4.79 Å². The van der Waals surface area contributed by atoms with E-state index in [0.29, 0.717) is 52.2 Å². The fourth-order valence-electron chi connectivity index (χ4n) is 3.55. The first-order valence-corrected chi connectivity index (χ1v) is 11.1. The van der Waals surface area contributed by atoms with Crippen LogP contribution in [0.1, 0.15) is 51.5 Å². The zero-order valence-electron chi connectivity index (χ0n) is 18.3. The third kappa shape index (κ3) is 7.69. The number of amides is 3. The number of urea groups is 1. The van der Waals surface area contributed by atoms with Gasteiger partial charge in [-0.15, -0.1) is 0 Å². The molecule has 1 aromatic carbocycles. The predicted molar refractivity (Wildman–Crippen MR) is 116 cm³/mol. The lowest BCUT2D eigenvalue weighted by Gasteiger charge is -2.31. The molecule has 0 aliphatic carbocycles. The van der Waals surface area contributed by atoms with Gasteiger partial charge in [0.25, 0.3) is 0 Å². The normalized spacial score (nSPS) is 14.3. The van der Waals surface area contributed by atoms with Crippen molar-refractivity contribution >= 4 is 17.9 Å². The number of rotatable bonds is 10. The Kier molecular flexibility index (Phi) is 10.2. The lowest BCUT2D eigenvalue weighted by molar-refractivity contribution is -0.151. The molecule has 0 aromatic heterocycles. The van der Waals surface area contributed by atoms with Crippen molar-refractivity contribution in [2.45, 2.75) is 52.5 Å². The molecule has 0 saturated carbocycles. The minimum absolute atomic E-state index is 0.0247. The third-order valence-corrected chi connectivity index (χ3v) is 5.37. The molecule has 1 aliphatic heterocycles. The summed E-state index contributed by atoms with van der Waals surface area (Å²) >= 11 is 0. The number of hydrogen-bond donors (Lipinski definition) is 1. The lowest BCUT2D eigenvalue weighted by Crippen LogP contribution is -2.44. The third-order valence-electron chi connectivity index (χ3n) is 5.37. The van der Waals surface area contributed by atoms with Crippen molar-refractivity contribution < 1.29 is 19.1 Å². The van der Waals surface area contributed by atoms with Crippen molar-refractivity contribution in [3.8, 4) is 0 Å². The molecule has 1 N–H and O–H groups in total. The Morgan fingerprint density at radius 3 is 2.47 bits per heavy atom. The summed E-state index contributed by atoms with van der Waals surface area (Å²) in [5.41, 5.74) is 1.03. The maximum atomic E-state index is 12.7. The number of nitrogens with zero attached hydrogens (tertiary/aromatic N) is 2. The summed E-state index contributed by atoms with van der Waals surface area (Å²) in [6, 6.07) is 9.66. The molecule has 0 radical (unpaired) electrons. The number of unbranched alkanes of at least 4 members (excludes halogenated alkanes) is 1. The number of carbonyl (C=O) groups excluding carboxylic acids is 3. The van der Waals surface area contributed by atoms with Crippen LogP contribution in [0, 0.1) is 5.92 Å². The first kappa shape index (κ1) is 23.7. The molecule has 0 atom stereocenters. The summed E-state index contributed by atoms with van der Waals surface area (Å²) in [6.45, 7) is 6.85. The van der Waals surface area contributed by atoms with Crippen molar-refractivity contribution in [3.63, 3.8) is 0 Å². The molecular weight excluding hydrogens is 382 g/mol. The number of esters is 1. The molecule has 0 unspecified atom stereocenters. The molecule has 1 heterocycles.